The number of carbonyl (C=O) groups excluding carboxylic acids is 1. The summed E-state index contributed by atoms with van der Waals surface area (Å²) in [5.74, 6) is 3.72. The summed E-state index contributed by atoms with van der Waals surface area (Å²) in [7, 11) is 7.75. The molecule has 10 N–H and O–H groups in total. The molecule has 8 aromatic carbocycles. The molecular weight excluding hydrogens is 1290 g/mol. The lowest BCUT2D eigenvalue weighted by molar-refractivity contribution is -0.385. The summed E-state index contributed by atoms with van der Waals surface area (Å²) in [6, 6.07) is 56.0. The van der Waals surface area contributed by atoms with Gasteiger partial charge in [0.2, 0.25) is 23.8 Å². The van der Waals surface area contributed by atoms with Gasteiger partial charge in [-0.3, -0.25) is 10.1 Å². The fourth-order valence-corrected chi connectivity index (χ4v) is 9.47. The summed E-state index contributed by atoms with van der Waals surface area (Å²) in [5, 5.41) is 24.2. The lowest BCUT2D eigenvalue weighted by Gasteiger charge is -2.09. The second kappa shape index (κ2) is 34.3. The van der Waals surface area contributed by atoms with Gasteiger partial charge in [-0.05, 0) is 165 Å². The number of esters is 1. The summed E-state index contributed by atoms with van der Waals surface area (Å²) in [5.41, 5.74) is 28.5. The summed E-state index contributed by atoms with van der Waals surface area (Å²) >= 11 is 5.98. The predicted molar refractivity (Wildman–Crippen MR) is 382 cm³/mol. The van der Waals surface area contributed by atoms with Crippen LogP contribution >= 0.6 is 11.6 Å². The maximum atomic E-state index is 13.2. The first-order valence-electron chi connectivity index (χ1n) is 30.0. The van der Waals surface area contributed by atoms with Crippen molar-refractivity contribution in [2.24, 2.45) is 0 Å². The number of anilines is 11. The van der Waals surface area contributed by atoms with Crippen molar-refractivity contribution in [2.45, 2.75) is 6.92 Å². The molecule has 0 radical (unpaired) electrons. The third-order valence-electron chi connectivity index (χ3n) is 14.0. The van der Waals surface area contributed by atoms with Crippen molar-refractivity contribution in [3.63, 3.8) is 0 Å². The summed E-state index contributed by atoms with van der Waals surface area (Å²) in [6.45, 7) is 2.03. The average molecular weight is 1350 g/mol. The highest BCUT2D eigenvalue weighted by Gasteiger charge is 2.18. The van der Waals surface area contributed by atoms with Crippen molar-refractivity contribution in [1.29, 1.82) is 0 Å². The van der Waals surface area contributed by atoms with Gasteiger partial charge in [0, 0.05) is 86.9 Å². The highest BCUT2D eigenvalue weighted by Crippen LogP contribution is 2.34. The van der Waals surface area contributed by atoms with Crippen LogP contribution < -0.4 is 62.2 Å². The van der Waals surface area contributed by atoms with E-state index in [1.165, 1.54) is 37.6 Å². The molecule has 0 saturated heterocycles. The monoisotopic (exact) mass is 1350 g/mol. The average Bonchev–Trinajstić information content (AvgIpc) is 0.880. The molecule has 4 aromatic heterocycles. The molecule has 0 aliphatic heterocycles. The van der Waals surface area contributed by atoms with E-state index in [0.29, 0.717) is 91.1 Å². The van der Waals surface area contributed by atoms with E-state index in [1.54, 1.807) is 121 Å². The molecule has 4 heterocycles. The maximum absolute atomic E-state index is 13.2. The Hall–Kier alpha value is -13.2. The van der Waals surface area contributed by atoms with E-state index >= 15 is 0 Å². The fraction of sp³-hybridized carbons (Fsp3) is 0.0972. The van der Waals surface area contributed by atoms with Crippen molar-refractivity contribution in [1.82, 2.24) is 39.9 Å². The number of nitrogens with one attached hydrogen (secondary N) is 4. The zero-order chi connectivity index (χ0) is 70.2. The van der Waals surface area contributed by atoms with Gasteiger partial charge in [0.1, 0.15) is 28.8 Å². The molecule has 99 heavy (non-hydrogen) atoms. The molecule has 0 aliphatic rings. The van der Waals surface area contributed by atoms with Crippen molar-refractivity contribution < 1.29 is 42.5 Å². The van der Waals surface area contributed by atoms with Crippen LogP contribution in [-0.4, -0.2) is 92.9 Å². The van der Waals surface area contributed by atoms with Crippen molar-refractivity contribution in [2.75, 3.05) is 80.6 Å². The number of methoxy groups -OCH3 is 5. The minimum atomic E-state index is -0.510. The number of nitrogens with zero attached hydrogens (tertiary/aromatic N) is 9. The molecule has 0 spiro atoms. The second-order valence-electron chi connectivity index (χ2n) is 20.6. The van der Waals surface area contributed by atoms with E-state index in [2.05, 4.69) is 61.1 Å². The van der Waals surface area contributed by atoms with E-state index in [4.69, 9.17) is 57.2 Å². The Morgan fingerprint density at radius 1 is 0.455 bits per heavy atom. The normalized spacial score (nSPS) is 10.3. The largest absolute Gasteiger partial charge is 0.497 e. The smallest absolute Gasteiger partial charge is 0.338 e. The van der Waals surface area contributed by atoms with Crippen LogP contribution in [0.5, 0.6) is 28.7 Å². The van der Waals surface area contributed by atoms with Crippen LogP contribution in [0.4, 0.5) is 73.7 Å². The highest BCUT2D eigenvalue weighted by molar-refractivity contribution is 6.30. The fourth-order valence-electron chi connectivity index (χ4n) is 9.28. The molecule has 502 valence electrons. The van der Waals surface area contributed by atoms with E-state index in [0.717, 1.165) is 45.2 Å². The number of carbonyl (C=O) groups is 1. The number of ether oxygens (including phenoxy) is 6. The molecule has 0 aliphatic carbocycles. The van der Waals surface area contributed by atoms with E-state index in [-0.39, 0.29) is 29.8 Å². The SMILES string of the molecule is CCOC(=O)c1cccc(Nc2nccc(-c3ccc(OC)c([N+](=O)[O-])c3)n2)c1.COc1ccc(-c2ccnc(Nc3cccc(Cl)c3)n2)cc1N.COc1ccc(-c2ccnc(Nc3cccc(F)c3)n2)cc1N.COc1cccc(Nc2nccc(-c3ccc(OC)c(N)c3)n2)c1. The van der Waals surface area contributed by atoms with Gasteiger partial charge < -0.3 is 66.9 Å². The number of hydrogen-bond acceptors (Lipinski definition) is 24. The van der Waals surface area contributed by atoms with Crippen molar-refractivity contribution in [3.05, 3.63) is 245 Å². The lowest BCUT2D eigenvalue weighted by Crippen LogP contribution is -2.05. The lowest BCUT2D eigenvalue weighted by atomic mass is 10.1. The van der Waals surface area contributed by atoms with Crippen LogP contribution in [0.25, 0.3) is 45.0 Å². The summed E-state index contributed by atoms with van der Waals surface area (Å²) < 4.78 is 43.9. The Balaban J connectivity index is 0.000000155. The third-order valence-corrected chi connectivity index (χ3v) is 14.2. The van der Waals surface area contributed by atoms with E-state index in [9.17, 15) is 19.3 Å². The van der Waals surface area contributed by atoms with Gasteiger partial charge >= 0.3 is 11.7 Å². The van der Waals surface area contributed by atoms with Gasteiger partial charge in [0.25, 0.3) is 0 Å². The highest BCUT2D eigenvalue weighted by atomic mass is 35.5. The minimum absolute atomic E-state index is 0.153. The zero-order valence-corrected chi connectivity index (χ0v) is 54.9. The number of aromatic nitrogens is 8. The number of nitrogens with two attached hydrogens (primary N) is 3. The Morgan fingerprint density at radius 3 is 1.21 bits per heavy atom. The number of benzene rings is 8. The molecule has 27 heteroatoms. The van der Waals surface area contributed by atoms with Gasteiger partial charge in [-0.25, -0.2) is 49.1 Å². The molecule has 0 fully saturated rings. The Labute approximate surface area is 573 Å². The van der Waals surface area contributed by atoms with E-state index < -0.39 is 10.9 Å². The number of halogens is 2. The van der Waals surface area contributed by atoms with Gasteiger partial charge in [-0.15, -0.1) is 0 Å². The van der Waals surface area contributed by atoms with Gasteiger partial charge in [0.15, 0.2) is 5.75 Å². The third kappa shape index (κ3) is 19.7. The van der Waals surface area contributed by atoms with Crippen molar-refractivity contribution >= 4 is 86.9 Å². The first-order valence-corrected chi connectivity index (χ1v) is 30.4. The van der Waals surface area contributed by atoms with Crippen LogP contribution in [0.2, 0.25) is 5.02 Å². The molecule has 0 unspecified atom stereocenters. The Kier molecular flexibility index (Phi) is 24.3. The van der Waals surface area contributed by atoms with Crippen molar-refractivity contribution in [3.8, 4) is 73.8 Å². The number of hydrogen-bond donors (Lipinski definition) is 7. The van der Waals surface area contributed by atoms with Crippen LogP contribution in [0, 0.1) is 15.9 Å². The van der Waals surface area contributed by atoms with Gasteiger partial charge in [0.05, 0.1) is 92.5 Å². The molecule has 25 nitrogen and oxygen atoms in total. The quantitative estimate of drug-likeness (QED) is 0.0161. The molecule has 0 bridgehead atoms. The topological polar surface area (TPSA) is 345 Å². The molecule has 12 rings (SSSR count). The summed E-state index contributed by atoms with van der Waals surface area (Å²) in [4.78, 5) is 57.3. The van der Waals surface area contributed by atoms with Crippen LogP contribution in [0.3, 0.4) is 0 Å². The number of nitrogen functional groups attached to an aromatic ring is 3. The Bertz CT molecular complexity index is 4630. The summed E-state index contributed by atoms with van der Waals surface area (Å²) in [6.07, 6.45) is 6.56. The van der Waals surface area contributed by atoms with Crippen LogP contribution in [0.15, 0.2) is 219 Å². The number of nitro groups is 1. The minimum Gasteiger partial charge on any atom is -0.497 e. The van der Waals surface area contributed by atoms with Crippen LogP contribution in [-0.2, 0) is 4.74 Å². The molecule has 0 saturated carbocycles. The van der Waals surface area contributed by atoms with Crippen LogP contribution in [0.1, 0.15) is 17.3 Å². The molecular formula is C72H66ClFN16O9. The molecule has 0 atom stereocenters. The number of rotatable bonds is 20. The standard InChI is InChI=1S/C20H18N4O5.C18H18N4O2.C17H15ClN4O.C17H15FN4O/c1-3-29-19(25)14-5-4-6-15(11-14)22-20-21-10-9-16(23-20)13-7-8-18(28-2)17(12-13)24(26)27;1-23-14-5-3-4-13(11-14)21-18-20-9-8-16(22-18)12-6-7-17(24-2)15(19)10-12;2*1-23-16-6-5-11(9-14(16)19)15-7-8-20-17(22-15)21-13-4-2-3-12(18)10-13/h4-12H,3H2,1-2H3,(H,21,22,23);3-11H,19H2,1-2H3,(H,20,21,22);2*2-10H,19H2,1H3,(H,20,21,22). The number of nitro benzene ring substituents is 1. The van der Waals surface area contributed by atoms with Gasteiger partial charge in [-0.2, -0.15) is 0 Å². The Morgan fingerprint density at radius 2 is 0.828 bits per heavy atom. The second-order valence-corrected chi connectivity index (χ2v) is 21.1. The first-order chi connectivity index (χ1) is 48.0. The first kappa shape index (κ1) is 70.1. The zero-order valence-electron chi connectivity index (χ0n) is 54.2. The molecule has 0 amide bonds. The maximum Gasteiger partial charge on any atom is 0.338 e. The van der Waals surface area contributed by atoms with E-state index in [1.807, 2.05) is 103 Å². The molecule has 12 aromatic rings. The predicted octanol–water partition coefficient (Wildman–Crippen LogP) is 15.2. The van der Waals surface area contributed by atoms with Gasteiger partial charge in [-0.1, -0.05) is 35.9 Å².